The van der Waals surface area contributed by atoms with Gasteiger partial charge in [0.05, 0.1) is 12.3 Å². The third-order valence-corrected chi connectivity index (χ3v) is 4.17. The molecule has 0 fully saturated rings. The van der Waals surface area contributed by atoms with Gasteiger partial charge in [-0.05, 0) is 0 Å². The Labute approximate surface area is 110 Å². The van der Waals surface area contributed by atoms with E-state index in [-0.39, 0.29) is 17.5 Å². The van der Waals surface area contributed by atoms with E-state index in [9.17, 15) is 14.4 Å². The van der Waals surface area contributed by atoms with Gasteiger partial charge in [-0.15, -0.1) is 0 Å². The number of nitrogens with one attached hydrogen (secondary N) is 3. The van der Waals surface area contributed by atoms with Crippen LogP contribution in [0.5, 0.6) is 0 Å². The van der Waals surface area contributed by atoms with Crippen LogP contribution < -0.4 is 16.6 Å². The second kappa shape index (κ2) is 5.91. The number of aliphatic imine (C=N–C) groups is 1. The first-order valence-corrected chi connectivity index (χ1v) is 7.04. The van der Waals surface area contributed by atoms with E-state index in [2.05, 4.69) is 15.3 Å². The highest BCUT2D eigenvalue weighted by Crippen LogP contribution is 2.21. The SMILES string of the molecule is O=C(CSC1=NCCS1)Nc1cc(=O)[nH]c(=O)[nH]1. The van der Waals surface area contributed by atoms with Crippen molar-refractivity contribution in [3.05, 3.63) is 26.9 Å². The van der Waals surface area contributed by atoms with Crippen molar-refractivity contribution in [1.82, 2.24) is 9.97 Å². The standard InChI is InChI=1S/C9H10N4O3S2/c14-6-3-5(12-8(16)13-6)11-7(15)4-18-9-10-1-2-17-9/h3H,1-2,4H2,(H3,11,12,13,14,15,16). The molecule has 1 aromatic rings. The first kappa shape index (κ1) is 13.0. The molecule has 0 spiro atoms. The van der Waals surface area contributed by atoms with Crippen LogP contribution in [0.15, 0.2) is 20.6 Å². The molecule has 0 radical (unpaired) electrons. The number of aromatic nitrogens is 2. The summed E-state index contributed by atoms with van der Waals surface area (Å²) in [5.41, 5.74) is -1.21. The predicted octanol–water partition coefficient (Wildman–Crippen LogP) is -0.162. The lowest BCUT2D eigenvalue weighted by atomic mass is 10.5. The fourth-order valence-electron chi connectivity index (χ4n) is 1.25. The zero-order valence-corrected chi connectivity index (χ0v) is 10.8. The maximum atomic E-state index is 11.6. The summed E-state index contributed by atoms with van der Waals surface area (Å²) in [6, 6.07) is 1.12. The Hall–Kier alpha value is -1.48. The van der Waals surface area contributed by atoms with Crippen LogP contribution in [0.3, 0.4) is 0 Å². The molecule has 0 saturated carbocycles. The van der Waals surface area contributed by atoms with Crippen LogP contribution in [0.4, 0.5) is 5.82 Å². The lowest BCUT2D eigenvalue weighted by Gasteiger charge is -2.03. The van der Waals surface area contributed by atoms with Crippen molar-refractivity contribution in [3.8, 4) is 0 Å². The van der Waals surface area contributed by atoms with Crippen molar-refractivity contribution in [2.45, 2.75) is 0 Å². The van der Waals surface area contributed by atoms with Gasteiger partial charge in [-0.2, -0.15) is 0 Å². The van der Waals surface area contributed by atoms with Gasteiger partial charge in [-0.3, -0.25) is 24.5 Å². The molecule has 2 heterocycles. The number of anilines is 1. The van der Waals surface area contributed by atoms with Gasteiger partial charge in [-0.25, -0.2) is 4.79 Å². The van der Waals surface area contributed by atoms with Crippen molar-refractivity contribution in [3.63, 3.8) is 0 Å². The molecule has 0 unspecified atom stereocenters. The van der Waals surface area contributed by atoms with Gasteiger partial charge >= 0.3 is 5.69 Å². The van der Waals surface area contributed by atoms with Crippen LogP contribution in [0.25, 0.3) is 0 Å². The summed E-state index contributed by atoms with van der Waals surface area (Å²) in [6.07, 6.45) is 0. The van der Waals surface area contributed by atoms with E-state index >= 15 is 0 Å². The first-order valence-electron chi connectivity index (χ1n) is 5.07. The summed E-state index contributed by atoms with van der Waals surface area (Å²) in [5.74, 6) is 0.943. The molecule has 1 aliphatic heterocycles. The van der Waals surface area contributed by atoms with E-state index in [1.165, 1.54) is 11.8 Å². The van der Waals surface area contributed by atoms with Crippen molar-refractivity contribution in [2.75, 3.05) is 23.4 Å². The Morgan fingerprint density at radius 2 is 2.33 bits per heavy atom. The molecule has 1 aromatic heterocycles. The molecule has 96 valence electrons. The zero-order valence-electron chi connectivity index (χ0n) is 9.19. The lowest BCUT2D eigenvalue weighted by molar-refractivity contribution is -0.113. The van der Waals surface area contributed by atoms with Crippen molar-refractivity contribution >= 4 is 39.6 Å². The summed E-state index contributed by atoms with van der Waals surface area (Å²) >= 11 is 2.96. The molecule has 0 aromatic carbocycles. The molecule has 3 N–H and O–H groups in total. The normalized spacial score (nSPS) is 14.3. The average molecular weight is 286 g/mol. The van der Waals surface area contributed by atoms with Gasteiger partial charge in [0.1, 0.15) is 10.2 Å². The van der Waals surface area contributed by atoms with Gasteiger partial charge in [0.15, 0.2) is 0 Å². The smallest absolute Gasteiger partial charge is 0.311 e. The number of carbonyl (C=O) groups is 1. The van der Waals surface area contributed by atoms with Crippen LogP contribution in [0, 0.1) is 0 Å². The third kappa shape index (κ3) is 3.77. The van der Waals surface area contributed by atoms with E-state index in [0.29, 0.717) is 0 Å². The van der Waals surface area contributed by atoms with Crippen molar-refractivity contribution in [1.29, 1.82) is 0 Å². The minimum absolute atomic E-state index is 0.0929. The Morgan fingerprint density at radius 1 is 1.50 bits per heavy atom. The Bertz CT molecular complexity index is 564. The summed E-state index contributed by atoms with van der Waals surface area (Å²) in [6.45, 7) is 0.788. The summed E-state index contributed by atoms with van der Waals surface area (Å²) in [4.78, 5) is 42.1. The number of carbonyl (C=O) groups excluding carboxylic acids is 1. The van der Waals surface area contributed by atoms with Gasteiger partial charge in [0.25, 0.3) is 5.56 Å². The van der Waals surface area contributed by atoms with Crippen LogP contribution in [-0.4, -0.2) is 38.3 Å². The molecule has 18 heavy (non-hydrogen) atoms. The van der Waals surface area contributed by atoms with E-state index in [4.69, 9.17) is 0 Å². The molecule has 0 atom stereocenters. The summed E-state index contributed by atoms with van der Waals surface area (Å²) in [7, 11) is 0. The topological polar surface area (TPSA) is 107 Å². The summed E-state index contributed by atoms with van der Waals surface area (Å²) < 4.78 is 0.893. The fourth-order valence-corrected chi connectivity index (χ4v) is 3.06. The Balaban J connectivity index is 1.90. The molecule has 1 amide bonds. The second-order valence-electron chi connectivity index (χ2n) is 3.33. The van der Waals surface area contributed by atoms with Crippen LogP contribution in [0.2, 0.25) is 0 Å². The Kier molecular flexibility index (Phi) is 4.26. The number of aromatic amines is 2. The number of amides is 1. The van der Waals surface area contributed by atoms with Gasteiger partial charge in [-0.1, -0.05) is 23.5 Å². The molecule has 7 nitrogen and oxygen atoms in total. The number of hydrogen-bond donors (Lipinski definition) is 3. The van der Waals surface area contributed by atoms with Crippen LogP contribution in [-0.2, 0) is 4.79 Å². The van der Waals surface area contributed by atoms with E-state index in [1.807, 2.05) is 4.98 Å². The predicted molar refractivity (Wildman–Crippen MR) is 73.5 cm³/mol. The van der Waals surface area contributed by atoms with Crippen molar-refractivity contribution < 1.29 is 4.79 Å². The van der Waals surface area contributed by atoms with Crippen LogP contribution >= 0.6 is 23.5 Å². The largest absolute Gasteiger partial charge is 0.327 e. The highest BCUT2D eigenvalue weighted by atomic mass is 32.2. The highest BCUT2D eigenvalue weighted by Gasteiger charge is 2.11. The number of rotatable bonds is 3. The number of hydrogen-bond acceptors (Lipinski definition) is 6. The van der Waals surface area contributed by atoms with Gasteiger partial charge in [0.2, 0.25) is 5.91 Å². The summed E-state index contributed by atoms with van der Waals surface area (Å²) in [5, 5.41) is 2.45. The van der Waals surface area contributed by atoms with Gasteiger partial charge < -0.3 is 5.32 Å². The molecule has 0 bridgehead atoms. The zero-order chi connectivity index (χ0) is 13.0. The lowest BCUT2D eigenvalue weighted by Crippen LogP contribution is -2.25. The molecular weight excluding hydrogens is 276 g/mol. The van der Waals surface area contributed by atoms with E-state index in [1.54, 1.807) is 11.8 Å². The number of nitrogens with zero attached hydrogens (tertiary/aromatic N) is 1. The average Bonchev–Trinajstić information content (AvgIpc) is 2.77. The maximum Gasteiger partial charge on any atom is 0.327 e. The fraction of sp³-hybridized carbons (Fsp3) is 0.333. The minimum atomic E-state index is -0.652. The maximum absolute atomic E-state index is 11.6. The number of H-pyrrole nitrogens is 2. The number of thioether (sulfide) groups is 2. The molecule has 1 aliphatic rings. The monoisotopic (exact) mass is 286 g/mol. The molecular formula is C9H10N4O3S2. The minimum Gasteiger partial charge on any atom is -0.311 e. The quantitative estimate of drug-likeness (QED) is 0.715. The molecule has 2 rings (SSSR count). The van der Waals surface area contributed by atoms with Crippen LogP contribution in [0.1, 0.15) is 0 Å². The first-order chi connectivity index (χ1) is 8.63. The Morgan fingerprint density at radius 3 is 3.00 bits per heavy atom. The molecule has 9 heteroatoms. The van der Waals surface area contributed by atoms with Crippen molar-refractivity contribution in [2.24, 2.45) is 4.99 Å². The highest BCUT2D eigenvalue weighted by molar-refractivity contribution is 8.39. The second-order valence-corrected chi connectivity index (χ2v) is 5.64. The molecule has 0 saturated heterocycles. The molecule has 0 aliphatic carbocycles. The van der Waals surface area contributed by atoms with E-state index in [0.717, 1.165) is 22.7 Å². The van der Waals surface area contributed by atoms with Gasteiger partial charge in [0, 0.05) is 11.8 Å². The van der Waals surface area contributed by atoms with E-state index < -0.39 is 11.2 Å². The third-order valence-electron chi connectivity index (χ3n) is 1.92.